The molecule has 0 radical (unpaired) electrons. The number of thioether (sulfide) groups is 1. The molecule has 1 N–H and O–H groups in total. The zero-order chi connectivity index (χ0) is 30.0. The maximum Gasteiger partial charge on any atom is 0.240 e. The number of pyridine rings is 1. The molecule has 0 unspecified atom stereocenters. The van der Waals surface area contributed by atoms with Gasteiger partial charge in [0.1, 0.15) is 12.4 Å². The van der Waals surface area contributed by atoms with E-state index in [0.29, 0.717) is 17.3 Å². The number of ether oxygens (including phenoxy) is 2. The standard InChI is InChI=1S/C34H29N5O4S/c1-22-9-5-6-13-26(22)39-34-31(32(37-39)23-10-3-2-4-11-23)33(24-14-15-27-28(17-24)43-21-42-27)44-20-30(41)38(34)19-29(40)36-18-25-12-7-8-16-35-25/h2-17,33H,18-21H2,1H3,(H,36,40)/t33-/m1/s1. The molecule has 9 nitrogen and oxygen atoms in total. The molecule has 7 rings (SSSR count). The fourth-order valence-electron chi connectivity index (χ4n) is 5.53. The number of aromatic nitrogens is 3. The number of nitrogens with zero attached hydrogens (tertiary/aromatic N) is 4. The number of amides is 2. The highest BCUT2D eigenvalue weighted by atomic mass is 32.2. The van der Waals surface area contributed by atoms with Crippen LogP contribution < -0.4 is 19.7 Å². The molecule has 0 spiro atoms. The van der Waals surface area contributed by atoms with Crippen LogP contribution in [0.15, 0.2) is 97.2 Å². The Kier molecular flexibility index (Phi) is 7.49. The summed E-state index contributed by atoms with van der Waals surface area (Å²) in [6.07, 6.45) is 1.69. The Hall–Kier alpha value is -5.09. The second-order valence-corrected chi connectivity index (χ2v) is 11.6. The highest BCUT2D eigenvalue weighted by Gasteiger charge is 2.38. The van der Waals surface area contributed by atoms with Gasteiger partial charge in [0.2, 0.25) is 18.6 Å². The van der Waals surface area contributed by atoms with Crippen LogP contribution >= 0.6 is 11.8 Å². The monoisotopic (exact) mass is 603 g/mol. The number of fused-ring (bicyclic) bond motifs is 2. The number of carbonyl (C=O) groups excluding carboxylic acids is 2. The van der Waals surface area contributed by atoms with Crippen LogP contribution in [0.3, 0.4) is 0 Å². The molecular formula is C34H29N5O4S. The van der Waals surface area contributed by atoms with E-state index in [-0.39, 0.29) is 42.7 Å². The summed E-state index contributed by atoms with van der Waals surface area (Å²) in [7, 11) is 0. The number of hydrogen-bond donors (Lipinski definition) is 1. The highest BCUT2D eigenvalue weighted by Crippen LogP contribution is 2.50. The fourth-order valence-corrected chi connectivity index (χ4v) is 6.72. The third kappa shape index (κ3) is 5.28. The third-order valence-corrected chi connectivity index (χ3v) is 8.93. The van der Waals surface area contributed by atoms with E-state index in [2.05, 4.69) is 10.3 Å². The molecule has 220 valence electrons. The quantitative estimate of drug-likeness (QED) is 0.264. The van der Waals surface area contributed by atoms with Crippen molar-refractivity contribution in [2.75, 3.05) is 24.0 Å². The van der Waals surface area contributed by atoms with Gasteiger partial charge in [0.25, 0.3) is 0 Å². The lowest BCUT2D eigenvalue weighted by Gasteiger charge is -2.23. The van der Waals surface area contributed by atoms with Gasteiger partial charge in [0, 0.05) is 17.3 Å². The molecule has 0 bridgehead atoms. The van der Waals surface area contributed by atoms with Crippen LogP contribution in [-0.2, 0) is 16.1 Å². The Balaban J connectivity index is 1.40. The summed E-state index contributed by atoms with van der Waals surface area (Å²) in [6, 6.07) is 29.3. The minimum absolute atomic E-state index is 0.168. The van der Waals surface area contributed by atoms with E-state index in [4.69, 9.17) is 14.6 Å². The minimum Gasteiger partial charge on any atom is -0.454 e. The Morgan fingerprint density at radius 3 is 2.59 bits per heavy atom. The first-order chi connectivity index (χ1) is 21.6. The molecule has 1 atom stereocenters. The molecule has 3 aromatic carbocycles. The highest BCUT2D eigenvalue weighted by molar-refractivity contribution is 8.00. The summed E-state index contributed by atoms with van der Waals surface area (Å²) >= 11 is 1.51. The van der Waals surface area contributed by atoms with Gasteiger partial charge < -0.3 is 14.8 Å². The lowest BCUT2D eigenvalue weighted by molar-refractivity contribution is -0.123. The molecule has 0 saturated heterocycles. The van der Waals surface area contributed by atoms with E-state index in [0.717, 1.165) is 39.3 Å². The largest absolute Gasteiger partial charge is 0.454 e. The van der Waals surface area contributed by atoms with Crippen molar-refractivity contribution in [3.8, 4) is 28.4 Å². The zero-order valence-electron chi connectivity index (χ0n) is 24.0. The molecule has 2 aromatic heterocycles. The number of aryl methyl sites for hydroxylation is 1. The fraction of sp³-hybridized carbons (Fsp3) is 0.176. The predicted octanol–water partition coefficient (Wildman–Crippen LogP) is 5.46. The van der Waals surface area contributed by atoms with Gasteiger partial charge in [-0.25, -0.2) is 4.68 Å². The van der Waals surface area contributed by atoms with E-state index >= 15 is 0 Å². The lowest BCUT2D eigenvalue weighted by Crippen LogP contribution is -2.42. The molecule has 2 amide bonds. The molecule has 2 aliphatic heterocycles. The Morgan fingerprint density at radius 2 is 1.77 bits per heavy atom. The predicted molar refractivity (Wildman–Crippen MR) is 169 cm³/mol. The van der Waals surface area contributed by atoms with Crippen molar-refractivity contribution >= 4 is 29.4 Å². The van der Waals surface area contributed by atoms with Gasteiger partial charge in [-0.2, -0.15) is 5.10 Å². The Morgan fingerprint density at radius 1 is 0.977 bits per heavy atom. The maximum absolute atomic E-state index is 14.0. The SMILES string of the molecule is Cc1ccccc1-n1nc(-c2ccccc2)c2c1N(CC(=O)NCc1ccccn1)C(=O)CS[C@@H]2c1ccc2c(c1)OCO2. The van der Waals surface area contributed by atoms with E-state index in [1.165, 1.54) is 11.8 Å². The van der Waals surface area contributed by atoms with Gasteiger partial charge in [-0.1, -0.05) is 60.7 Å². The van der Waals surface area contributed by atoms with Crippen molar-refractivity contribution in [2.24, 2.45) is 0 Å². The van der Waals surface area contributed by atoms with Gasteiger partial charge in [-0.05, 0) is 48.4 Å². The molecular weight excluding hydrogens is 574 g/mol. The molecule has 44 heavy (non-hydrogen) atoms. The number of hydrogen-bond acceptors (Lipinski definition) is 7. The molecule has 2 aliphatic rings. The van der Waals surface area contributed by atoms with E-state index in [9.17, 15) is 9.59 Å². The molecule has 4 heterocycles. The van der Waals surface area contributed by atoms with Gasteiger partial charge in [-0.15, -0.1) is 11.8 Å². The zero-order valence-corrected chi connectivity index (χ0v) is 24.8. The second-order valence-electron chi connectivity index (χ2n) is 10.5. The smallest absolute Gasteiger partial charge is 0.240 e. The molecule has 0 saturated carbocycles. The van der Waals surface area contributed by atoms with Crippen molar-refractivity contribution in [3.05, 3.63) is 120 Å². The summed E-state index contributed by atoms with van der Waals surface area (Å²) in [5.74, 6) is 1.63. The Bertz CT molecular complexity index is 1840. The summed E-state index contributed by atoms with van der Waals surface area (Å²) < 4.78 is 13.1. The van der Waals surface area contributed by atoms with Gasteiger partial charge >= 0.3 is 0 Å². The number of anilines is 1. The van der Waals surface area contributed by atoms with Crippen LogP contribution in [0.5, 0.6) is 11.5 Å². The van der Waals surface area contributed by atoms with Gasteiger partial charge in [0.15, 0.2) is 11.5 Å². The van der Waals surface area contributed by atoms with Crippen molar-refractivity contribution in [2.45, 2.75) is 18.7 Å². The van der Waals surface area contributed by atoms with Crippen molar-refractivity contribution < 1.29 is 19.1 Å². The number of carbonyl (C=O) groups is 2. The summed E-state index contributed by atoms with van der Waals surface area (Å²) in [5.41, 5.74) is 6.01. The van der Waals surface area contributed by atoms with Gasteiger partial charge in [0.05, 0.1) is 34.6 Å². The summed E-state index contributed by atoms with van der Waals surface area (Å²) in [5, 5.41) is 7.84. The van der Waals surface area contributed by atoms with Crippen LogP contribution in [0.1, 0.15) is 27.6 Å². The van der Waals surface area contributed by atoms with Crippen LogP contribution in [-0.4, -0.2) is 45.7 Å². The summed E-state index contributed by atoms with van der Waals surface area (Å²) in [4.78, 5) is 33.3. The van der Waals surface area contributed by atoms with Crippen LogP contribution in [0.25, 0.3) is 16.9 Å². The van der Waals surface area contributed by atoms with E-state index < -0.39 is 0 Å². The summed E-state index contributed by atoms with van der Waals surface area (Å²) in [6.45, 7) is 2.27. The van der Waals surface area contributed by atoms with Gasteiger partial charge in [-0.3, -0.25) is 19.5 Å². The number of nitrogens with one attached hydrogen (secondary N) is 1. The van der Waals surface area contributed by atoms with E-state index in [1.54, 1.807) is 11.1 Å². The first-order valence-corrected chi connectivity index (χ1v) is 15.3. The minimum atomic E-state index is -0.291. The average Bonchev–Trinajstić information content (AvgIpc) is 3.66. The topological polar surface area (TPSA) is 98.6 Å². The van der Waals surface area contributed by atoms with Crippen LogP contribution in [0.2, 0.25) is 0 Å². The Labute approximate surface area is 258 Å². The van der Waals surface area contributed by atoms with Crippen LogP contribution in [0.4, 0.5) is 5.82 Å². The van der Waals surface area contributed by atoms with Crippen molar-refractivity contribution in [1.29, 1.82) is 0 Å². The number of para-hydroxylation sites is 1. The molecule has 0 aliphatic carbocycles. The first kappa shape index (κ1) is 27.7. The van der Waals surface area contributed by atoms with Crippen LogP contribution in [0, 0.1) is 6.92 Å². The maximum atomic E-state index is 14.0. The average molecular weight is 604 g/mol. The second kappa shape index (κ2) is 11.9. The first-order valence-electron chi connectivity index (χ1n) is 14.3. The number of benzene rings is 3. The van der Waals surface area contributed by atoms with E-state index in [1.807, 2.05) is 103 Å². The molecule has 5 aromatic rings. The molecule has 10 heteroatoms. The lowest BCUT2D eigenvalue weighted by atomic mass is 9.99. The number of rotatable bonds is 7. The third-order valence-electron chi connectivity index (χ3n) is 7.67. The normalized spacial score (nSPS) is 15.5. The van der Waals surface area contributed by atoms with Crippen molar-refractivity contribution in [1.82, 2.24) is 20.1 Å². The van der Waals surface area contributed by atoms with Crippen molar-refractivity contribution in [3.63, 3.8) is 0 Å². The molecule has 0 fully saturated rings.